The number of hydrogen-bond donors (Lipinski definition) is 3. The van der Waals surface area contributed by atoms with Crippen LogP contribution in [0.1, 0.15) is 19.5 Å². The first-order chi connectivity index (χ1) is 9.63. The number of nitrogen functional groups attached to an aromatic ring is 1. The molecule has 0 aliphatic rings. The molecule has 1 amide bonds. The van der Waals surface area contributed by atoms with Crippen LogP contribution in [0.2, 0.25) is 0 Å². The Labute approximate surface area is 119 Å². The Morgan fingerprint density at radius 1 is 1.43 bits per heavy atom. The van der Waals surface area contributed by atoms with Crippen molar-refractivity contribution >= 4 is 17.7 Å². The number of anilines is 2. The van der Waals surface area contributed by atoms with E-state index in [-0.39, 0.29) is 30.3 Å². The van der Waals surface area contributed by atoms with Crippen molar-refractivity contribution in [3.8, 4) is 0 Å². The topological polar surface area (TPSA) is 96.2 Å². The standard InChI is InChI=1S/C11H17F3N6O/c1-6(2)16-9(21)5-20(3)8-4-7(11(12,13)14)17-10(18-8)19-15/h4,6H,5,15H2,1-3H3,(H,16,21)(H,17,18,19). The van der Waals surface area contributed by atoms with Crippen LogP contribution in [0.3, 0.4) is 0 Å². The first kappa shape index (κ1) is 17.0. The molecule has 0 atom stereocenters. The van der Waals surface area contributed by atoms with Crippen molar-refractivity contribution in [2.75, 3.05) is 23.9 Å². The maximum Gasteiger partial charge on any atom is 0.433 e. The van der Waals surface area contributed by atoms with Crippen molar-refractivity contribution in [3.05, 3.63) is 11.8 Å². The molecule has 0 saturated carbocycles. The summed E-state index contributed by atoms with van der Waals surface area (Å²) in [5.41, 5.74) is 0.829. The van der Waals surface area contributed by atoms with Gasteiger partial charge in [-0.1, -0.05) is 0 Å². The molecule has 118 valence electrons. The Morgan fingerprint density at radius 2 is 2.05 bits per heavy atom. The highest BCUT2D eigenvalue weighted by Gasteiger charge is 2.34. The smallest absolute Gasteiger partial charge is 0.352 e. The molecule has 0 aromatic carbocycles. The number of carbonyl (C=O) groups is 1. The summed E-state index contributed by atoms with van der Waals surface area (Å²) in [7, 11) is 1.45. The second-order valence-corrected chi connectivity index (χ2v) is 4.66. The van der Waals surface area contributed by atoms with Gasteiger partial charge in [-0.05, 0) is 13.8 Å². The van der Waals surface area contributed by atoms with E-state index in [1.807, 2.05) is 5.43 Å². The van der Waals surface area contributed by atoms with Crippen LogP contribution in [-0.4, -0.2) is 35.5 Å². The minimum absolute atomic E-state index is 0.0656. The zero-order valence-corrected chi connectivity index (χ0v) is 11.8. The minimum Gasteiger partial charge on any atom is -0.352 e. The van der Waals surface area contributed by atoms with E-state index >= 15 is 0 Å². The van der Waals surface area contributed by atoms with Gasteiger partial charge < -0.3 is 10.2 Å². The Bertz CT molecular complexity index is 505. The zero-order valence-electron chi connectivity index (χ0n) is 11.8. The summed E-state index contributed by atoms with van der Waals surface area (Å²) in [5, 5.41) is 2.63. The van der Waals surface area contributed by atoms with Gasteiger partial charge in [0, 0.05) is 19.2 Å². The fraction of sp³-hybridized carbons (Fsp3) is 0.545. The SMILES string of the molecule is CC(C)NC(=O)CN(C)c1cc(C(F)(F)F)nc(NN)n1. The molecular weight excluding hydrogens is 289 g/mol. The molecule has 0 aliphatic heterocycles. The van der Waals surface area contributed by atoms with E-state index in [2.05, 4.69) is 15.3 Å². The molecule has 0 aliphatic carbocycles. The second-order valence-electron chi connectivity index (χ2n) is 4.66. The van der Waals surface area contributed by atoms with Crippen molar-refractivity contribution in [2.24, 2.45) is 5.84 Å². The summed E-state index contributed by atoms with van der Waals surface area (Å²) in [6.45, 7) is 3.41. The van der Waals surface area contributed by atoms with Gasteiger partial charge >= 0.3 is 6.18 Å². The molecule has 7 nitrogen and oxygen atoms in total. The average molecular weight is 306 g/mol. The molecule has 10 heteroatoms. The summed E-state index contributed by atoms with van der Waals surface area (Å²) in [6.07, 6.45) is -4.63. The van der Waals surface area contributed by atoms with E-state index in [1.165, 1.54) is 11.9 Å². The van der Waals surface area contributed by atoms with Crippen molar-refractivity contribution in [2.45, 2.75) is 26.1 Å². The third-order valence-electron chi connectivity index (χ3n) is 2.35. The highest BCUT2D eigenvalue weighted by molar-refractivity contribution is 5.81. The molecule has 1 heterocycles. The number of amides is 1. The number of halogens is 3. The van der Waals surface area contributed by atoms with Crippen LogP contribution in [0.4, 0.5) is 24.9 Å². The normalized spacial score (nSPS) is 11.4. The van der Waals surface area contributed by atoms with Gasteiger partial charge in [0.2, 0.25) is 11.9 Å². The first-order valence-corrected chi connectivity index (χ1v) is 6.07. The predicted octanol–water partition coefficient (Wildman–Crippen LogP) is 0.742. The Morgan fingerprint density at radius 3 is 2.52 bits per heavy atom. The number of aromatic nitrogens is 2. The van der Waals surface area contributed by atoms with Gasteiger partial charge in [-0.2, -0.15) is 18.2 Å². The van der Waals surface area contributed by atoms with Gasteiger partial charge in [0.1, 0.15) is 5.82 Å². The number of hydrazine groups is 1. The quantitative estimate of drug-likeness (QED) is 0.548. The van der Waals surface area contributed by atoms with Crippen LogP contribution in [0, 0.1) is 0 Å². The molecule has 0 spiro atoms. The number of nitrogens with two attached hydrogens (primary N) is 1. The van der Waals surface area contributed by atoms with Crippen molar-refractivity contribution in [1.29, 1.82) is 0 Å². The summed E-state index contributed by atoms with van der Waals surface area (Å²) >= 11 is 0. The Kier molecular flexibility index (Phi) is 5.30. The molecule has 0 bridgehead atoms. The van der Waals surface area contributed by atoms with Gasteiger partial charge in [0.25, 0.3) is 0 Å². The number of rotatable bonds is 5. The Balaban J connectivity index is 2.98. The van der Waals surface area contributed by atoms with E-state index in [4.69, 9.17) is 5.84 Å². The van der Waals surface area contributed by atoms with E-state index in [9.17, 15) is 18.0 Å². The van der Waals surface area contributed by atoms with E-state index in [0.717, 1.165) is 6.07 Å². The molecule has 1 aromatic heterocycles. The van der Waals surface area contributed by atoms with Crippen LogP contribution in [0.5, 0.6) is 0 Å². The van der Waals surface area contributed by atoms with E-state index in [0.29, 0.717) is 0 Å². The number of nitrogens with zero attached hydrogens (tertiary/aromatic N) is 3. The summed E-state index contributed by atoms with van der Waals surface area (Å²) < 4.78 is 38.2. The highest BCUT2D eigenvalue weighted by atomic mass is 19.4. The minimum atomic E-state index is -4.63. The van der Waals surface area contributed by atoms with Gasteiger partial charge in [0.05, 0.1) is 6.54 Å². The zero-order chi connectivity index (χ0) is 16.2. The number of alkyl halides is 3. The van der Waals surface area contributed by atoms with Gasteiger partial charge in [-0.25, -0.2) is 10.8 Å². The van der Waals surface area contributed by atoms with Gasteiger partial charge in [0.15, 0.2) is 5.69 Å². The molecular formula is C11H17F3N6O. The van der Waals surface area contributed by atoms with Crippen LogP contribution < -0.4 is 21.5 Å². The maximum atomic E-state index is 12.7. The lowest BCUT2D eigenvalue weighted by Crippen LogP contribution is -2.39. The van der Waals surface area contributed by atoms with Gasteiger partial charge in [-0.15, -0.1) is 0 Å². The summed E-state index contributed by atoms with van der Waals surface area (Å²) in [5.74, 6) is 4.28. The van der Waals surface area contributed by atoms with Crippen molar-refractivity contribution in [1.82, 2.24) is 15.3 Å². The van der Waals surface area contributed by atoms with Crippen molar-refractivity contribution in [3.63, 3.8) is 0 Å². The third-order valence-corrected chi connectivity index (χ3v) is 2.35. The first-order valence-electron chi connectivity index (χ1n) is 6.07. The molecule has 4 N–H and O–H groups in total. The third kappa shape index (κ3) is 5.06. The van der Waals surface area contributed by atoms with E-state index < -0.39 is 11.9 Å². The van der Waals surface area contributed by atoms with Gasteiger partial charge in [-0.3, -0.25) is 10.2 Å². The predicted molar refractivity (Wildman–Crippen MR) is 71.4 cm³/mol. The van der Waals surface area contributed by atoms with Crippen LogP contribution in [0.15, 0.2) is 6.07 Å². The average Bonchev–Trinajstić information content (AvgIpc) is 2.35. The van der Waals surface area contributed by atoms with E-state index in [1.54, 1.807) is 13.8 Å². The molecule has 0 saturated heterocycles. The Hall–Kier alpha value is -2.10. The van der Waals surface area contributed by atoms with Crippen LogP contribution in [-0.2, 0) is 11.0 Å². The molecule has 0 radical (unpaired) electrons. The number of likely N-dealkylation sites (N-methyl/N-ethyl adjacent to an activating group) is 1. The second kappa shape index (κ2) is 6.57. The monoisotopic (exact) mass is 306 g/mol. The lowest BCUT2D eigenvalue weighted by molar-refractivity contribution is -0.141. The van der Waals surface area contributed by atoms with Crippen LogP contribution >= 0.6 is 0 Å². The lowest BCUT2D eigenvalue weighted by atomic mass is 10.3. The maximum absolute atomic E-state index is 12.7. The fourth-order valence-corrected chi connectivity index (χ4v) is 1.50. The molecule has 0 unspecified atom stereocenters. The summed E-state index contributed by atoms with van der Waals surface area (Å²) in [4.78, 5) is 19.9. The summed E-state index contributed by atoms with van der Waals surface area (Å²) in [6, 6.07) is 0.687. The number of hydrogen-bond acceptors (Lipinski definition) is 6. The largest absolute Gasteiger partial charge is 0.433 e. The molecule has 21 heavy (non-hydrogen) atoms. The molecule has 1 rings (SSSR count). The fourth-order valence-electron chi connectivity index (χ4n) is 1.50. The van der Waals surface area contributed by atoms with Crippen molar-refractivity contribution < 1.29 is 18.0 Å². The molecule has 0 fully saturated rings. The highest BCUT2D eigenvalue weighted by Crippen LogP contribution is 2.30. The number of nitrogens with one attached hydrogen (secondary N) is 2. The molecule has 1 aromatic rings. The lowest BCUT2D eigenvalue weighted by Gasteiger charge is -2.20. The number of carbonyl (C=O) groups excluding carboxylic acids is 1. The van der Waals surface area contributed by atoms with Crippen LogP contribution in [0.25, 0.3) is 0 Å².